The molecule has 5 nitrogen and oxygen atoms in total. The van der Waals surface area contributed by atoms with Crippen LogP contribution in [0.2, 0.25) is 0 Å². The number of rotatable bonds is 8. The lowest BCUT2D eigenvalue weighted by Gasteiger charge is -2.09. The molecular formula is C19H22N2O3. The summed E-state index contributed by atoms with van der Waals surface area (Å²) in [6.45, 7) is 1.96. The van der Waals surface area contributed by atoms with Gasteiger partial charge >= 0.3 is 0 Å². The zero-order valence-corrected chi connectivity index (χ0v) is 13.7. The Hall–Kier alpha value is -2.82. The van der Waals surface area contributed by atoms with Crippen LogP contribution in [0.1, 0.15) is 35.7 Å². The van der Waals surface area contributed by atoms with Gasteiger partial charge in [0, 0.05) is 17.3 Å². The number of hydrogen-bond donors (Lipinski definition) is 2. The van der Waals surface area contributed by atoms with Gasteiger partial charge in [0.25, 0.3) is 11.8 Å². The molecule has 0 saturated carbocycles. The van der Waals surface area contributed by atoms with Crippen LogP contribution in [0.4, 0.5) is 5.69 Å². The molecule has 0 unspecified atom stereocenters. The van der Waals surface area contributed by atoms with Crippen LogP contribution in [-0.4, -0.2) is 18.4 Å². The molecule has 2 aromatic rings. The molecule has 2 aromatic carbocycles. The molecule has 2 rings (SSSR count). The second kappa shape index (κ2) is 8.72. The normalized spacial score (nSPS) is 10.2. The van der Waals surface area contributed by atoms with Crippen LogP contribution in [0.25, 0.3) is 0 Å². The number of benzene rings is 2. The maximum absolute atomic E-state index is 12.3. The van der Waals surface area contributed by atoms with E-state index in [1.54, 1.807) is 24.3 Å². The van der Waals surface area contributed by atoms with Crippen molar-refractivity contribution in [2.24, 2.45) is 5.73 Å². The van der Waals surface area contributed by atoms with Crippen molar-refractivity contribution in [1.29, 1.82) is 0 Å². The van der Waals surface area contributed by atoms with Crippen LogP contribution in [-0.2, 0) is 11.2 Å². The van der Waals surface area contributed by atoms with Gasteiger partial charge in [0.05, 0.1) is 0 Å². The number of unbranched alkanes of at least 4 members (excludes halogenated alkanes) is 1. The molecule has 0 aliphatic carbocycles. The first kappa shape index (κ1) is 17.5. The molecule has 0 fully saturated rings. The van der Waals surface area contributed by atoms with E-state index in [2.05, 4.69) is 12.2 Å². The summed E-state index contributed by atoms with van der Waals surface area (Å²) in [5.41, 5.74) is 7.47. The number of amides is 2. The van der Waals surface area contributed by atoms with Crippen molar-refractivity contribution >= 4 is 17.5 Å². The third-order valence-corrected chi connectivity index (χ3v) is 3.51. The summed E-state index contributed by atoms with van der Waals surface area (Å²) in [7, 11) is 0. The summed E-state index contributed by atoms with van der Waals surface area (Å²) >= 11 is 0. The fraction of sp³-hybridized carbons (Fsp3) is 0.263. The first-order chi connectivity index (χ1) is 11.6. The zero-order valence-electron chi connectivity index (χ0n) is 13.7. The first-order valence-electron chi connectivity index (χ1n) is 8.00. The van der Waals surface area contributed by atoms with Crippen molar-refractivity contribution in [3.05, 3.63) is 59.7 Å². The molecule has 0 aliphatic heterocycles. The number of carbonyl (C=O) groups is 2. The summed E-state index contributed by atoms with van der Waals surface area (Å²) in [4.78, 5) is 23.0. The van der Waals surface area contributed by atoms with E-state index in [-0.39, 0.29) is 12.5 Å². The van der Waals surface area contributed by atoms with Gasteiger partial charge in [0.1, 0.15) is 5.75 Å². The topological polar surface area (TPSA) is 81.4 Å². The van der Waals surface area contributed by atoms with Crippen LogP contribution >= 0.6 is 0 Å². The van der Waals surface area contributed by atoms with Crippen molar-refractivity contribution in [3.63, 3.8) is 0 Å². The van der Waals surface area contributed by atoms with Gasteiger partial charge in [-0.1, -0.05) is 31.5 Å². The van der Waals surface area contributed by atoms with E-state index in [0.29, 0.717) is 17.0 Å². The van der Waals surface area contributed by atoms with Gasteiger partial charge in [-0.2, -0.15) is 0 Å². The monoisotopic (exact) mass is 326 g/mol. The van der Waals surface area contributed by atoms with Gasteiger partial charge in [-0.15, -0.1) is 0 Å². The number of anilines is 1. The van der Waals surface area contributed by atoms with Gasteiger partial charge in [0.15, 0.2) is 6.61 Å². The van der Waals surface area contributed by atoms with Crippen LogP contribution < -0.4 is 15.8 Å². The quantitative estimate of drug-likeness (QED) is 0.782. The van der Waals surface area contributed by atoms with Crippen molar-refractivity contribution in [3.8, 4) is 5.75 Å². The highest BCUT2D eigenvalue weighted by Crippen LogP contribution is 2.18. The van der Waals surface area contributed by atoms with Gasteiger partial charge in [-0.25, -0.2) is 0 Å². The van der Waals surface area contributed by atoms with E-state index in [0.717, 1.165) is 19.3 Å². The highest BCUT2D eigenvalue weighted by molar-refractivity contribution is 6.04. The molecule has 126 valence electrons. The summed E-state index contributed by atoms with van der Waals surface area (Å²) in [6, 6.07) is 14.5. The average molecular weight is 326 g/mol. The number of nitrogens with one attached hydrogen (secondary N) is 1. The number of nitrogens with two attached hydrogens (primary N) is 1. The van der Waals surface area contributed by atoms with E-state index in [1.165, 1.54) is 5.56 Å². The summed E-state index contributed by atoms with van der Waals surface area (Å²) in [5.74, 6) is -0.266. The predicted octanol–water partition coefficient (Wildman–Crippen LogP) is 3.15. The van der Waals surface area contributed by atoms with Crippen molar-refractivity contribution in [2.75, 3.05) is 11.9 Å². The Morgan fingerprint density at radius 1 is 1.12 bits per heavy atom. The Morgan fingerprint density at radius 3 is 2.54 bits per heavy atom. The Bertz CT molecular complexity index is 696. The van der Waals surface area contributed by atoms with Gasteiger partial charge in [-0.3, -0.25) is 9.59 Å². The van der Waals surface area contributed by atoms with Gasteiger partial charge in [-0.05, 0) is 42.7 Å². The largest absolute Gasteiger partial charge is 0.484 e. The number of carbonyl (C=O) groups excluding carboxylic acids is 2. The Kier molecular flexibility index (Phi) is 6.37. The first-order valence-corrected chi connectivity index (χ1v) is 8.00. The van der Waals surface area contributed by atoms with Gasteiger partial charge < -0.3 is 15.8 Å². The number of ether oxygens (including phenoxy) is 1. The molecule has 0 spiro atoms. The average Bonchev–Trinajstić information content (AvgIpc) is 2.59. The van der Waals surface area contributed by atoms with E-state index in [1.807, 2.05) is 24.3 Å². The van der Waals surface area contributed by atoms with Crippen LogP contribution in [0.5, 0.6) is 5.75 Å². The second-order valence-electron chi connectivity index (χ2n) is 5.54. The molecule has 0 aliphatic rings. The SMILES string of the molecule is CCCCc1ccc(C(=O)Nc2cccc(OCC(N)=O)c2)cc1. The molecule has 0 bridgehead atoms. The second-order valence-corrected chi connectivity index (χ2v) is 5.54. The van der Waals surface area contributed by atoms with Crippen LogP contribution in [0.15, 0.2) is 48.5 Å². The van der Waals surface area contributed by atoms with Crippen LogP contribution in [0.3, 0.4) is 0 Å². The Balaban J connectivity index is 1.98. The maximum Gasteiger partial charge on any atom is 0.255 e. The number of hydrogen-bond acceptors (Lipinski definition) is 3. The third kappa shape index (κ3) is 5.43. The highest BCUT2D eigenvalue weighted by Gasteiger charge is 2.07. The number of aryl methyl sites for hydroxylation is 1. The van der Waals surface area contributed by atoms with Crippen LogP contribution in [0, 0.1) is 0 Å². The molecule has 24 heavy (non-hydrogen) atoms. The van der Waals surface area contributed by atoms with Gasteiger partial charge in [0.2, 0.25) is 0 Å². The molecule has 0 radical (unpaired) electrons. The van der Waals surface area contributed by atoms with Crippen molar-refractivity contribution < 1.29 is 14.3 Å². The molecule has 5 heteroatoms. The minimum atomic E-state index is -0.549. The fourth-order valence-electron chi connectivity index (χ4n) is 2.23. The molecule has 3 N–H and O–H groups in total. The number of primary amides is 1. The predicted molar refractivity (Wildman–Crippen MR) is 94.1 cm³/mol. The lowest BCUT2D eigenvalue weighted by Crippen LogP contribution is -2.20. The van der Waals surface area contributed by atoms with Crippen molar-refractivity contribution in [1.82, 2.24) is 0 Å². The molecule has 0 aromatic heterocycles. The van der Waals surface area contributed by atoms with E-state index in [9.17, 15) is 9.59 Å². The Morgan fingerprint density at radius 2 is 1.88 bits per heavy atom. The highest BCUT2D eigenvalue weighted by atomic mass is 16.5. The third-order valence-electron chi connectivity index (χ3n) is 3.51. The lowest BCUT2D eigenvalue weighted by atomic mass is 10.1. The molecule has 0 saturated heterocycles. The Labute approximate surface area is 141 Å². The smallest absolute Gasteiger partial charge is 0.255 e. The van der Waals surface area contributed by atoms with E-state index >= 15 is 0 Å². The molecule has 0 heterocycles. The van der Waals surface area contributed by atoms with E-state index < -0.39 is 5.91 Å². The van der Waals surface area contributed by atoms with E-state index in [4.69, 9.17) is 10.5 Å². The lowest BCUT2D eigenvalue weighted by molar-refractivity contribution is -0.119. The molecule has 2 amide bonds. The maximum atomic E-state index is 12.3. The summed E-state index contributed by atoms with van der Waals surface area (Å²) in [5, 5.41) is 2.81. The zero-order chi connectivity index (χ0) is 17.4. The fourth-order valence-corrected chi connectivity index (χ4v) is 2.23. The summed E-state index contributed by atoms with van der Waals surface area (Å²) < 4.78 is 5.22. The molecule has 0 atom stereocenters. The minimum absolute atomic E-state index is 0.191. The summed E-state index contributed by atoms with van der Waals surface area (Å²) in [6.07, 6.45) is 3.32. The standard InChI is InChI=1S/C19H22N2O3/c1-2-3-5-14-8-10-15(11-9-14)19(23)21-16-6-4-7-17(12-16)24-13-18(20)22/h4,6-12H,2-3,5,13H2,1H3,(H2,20,22)(H,21,23). The minimum Gasteiger partial charge on any atom is -0.484 e. The molecular weight excluding hydrogens is 304 g/mol. The van der Waals surface area contributed by atoms with Crippen molar-refractivity contribution in [2.45, 2.75) is 26.2 Å².